The molecule has 108 valence electrons. The Morgan fingerprint density at radius 2 is 1.89 bits per heavy atom. The highest BCUT2D eigenvalue weighted by molar-refractivity contribution is 5.80. The molecule has 0 aromatic rings. The Morgan fingerprint density at radius 1 is 1.26 bits per heavy atom. The van der Waals surface area contributed by atoms with Crippen LogP contribution in [0.5, 0.6) is 0 Å². The second-order valence-electron chi connectivity index (χ2n) is 6.00. The molecule has 0 saturated heterocycles. The van der Waals surface area contributed by atoms with Crippen LogP contribution >= 0.6 is 0 Å². The first-order chi connectivity index (χ1) is 9.06. The Morgan fingerprint density at radius 3 is 2.42 bits per heavy atom. The van der Waals surface area contributed by atoms with Gasteiger partial charge in [-0.25, -0.2) is 4.79 Å². The quantitative estimate of drug-likeness (QED) is 0.774. The molecular formula is C14H24N2O3. The number of nitrogens with zero attached hydrogens (tertiary/aromatic N) is 1. The van der Waals surface area contributed by atoms with Gasteiger partial charge in [-0.05, 0) is 44.4 Å². The number of amides is 2. The van der Waals surface area contributed by atoms with Crippen LogP contribution in [0.3, 0.4) is 0 Å². The molecule has 0 bridgehead atoms. The maximum Gasteiger partial charge on any atom is 0.323 e. The standard InChI is InChI=1S/C14H24N2O3/c1-10(12-4-2-3-5-12)15-14(19)16(9-13(17)18)8-11-6-7-11/h10-12H,2-9H2,1H3,(H,15,19)(H,17,18). The van der Waals surface area contributed by atoms with Gasteiger partial charge in [0.25, 0.3) is 0 Å². The van der Waals surface area contributed by atoms with Crippen molar-refractivity contribution in [2.24, 2.45) is 11.8 Å². The normalized spacial score (nSPS) is 21.1. The van der Waals surface area contributed by atoms with E-state index in [0.29, 0.717) is 18.4 Å². The molecule has 2 fully saturated rings. The predicted octanol–water partition coefficient (Wildman–Crippen LogP) is 2.07. The van der Waals surface area contributed by atoms with Crippen molar-refractivity contribution in [1.82, 2.24) is 10.2 Å². The molecule has 2 rings (SSSR count). The van der Waals surface area contributed by atoms with Crippen molar-refractivity contribution in [3.8, 4) is 0 Å². The van der Waals surface area contributed by atoms with Gasteiger partial charge in [-0.15, -0.1) is 0 Å². The number of rotatable bonds is 6. The Balaban J connectivity index is 1.84. The van der Waals surface area contributed by atoms with Crippen LogP contribution in [0, 0.1) is 11.8 Å². The van der Waals surface area contributed by atoms with Crippen LogP contribution in [0.2, 0.25) is 0 Å². The molecule has 0 aromatic heterocycles. The lowest BCUT2D eigenvalue weighted by atomic mass is 10.00. The van der Waals surface area contributed by atoms with Gasteiger partial charge >= 0.3 is 12.0 Å². The predicted molar refractivity (Wildman–Crippen MR) is 71.9 cm³/mol. The van der Waals surface area contributed by atoms with Crippen LogP contribution in [0.25, 0.3) is 0 Å². The van der Waals surface area contributed by atoms with E-state index in [1.54, 1.807) is 0 Å². The molecule has 1 unspecified atom stereocenters. The summed E-state index contributed by atoms with van der Waals surface area (Å²) in [6, 6.07) is -0.0702. The van der Waals surface area contributed by atoms with E-state index in [1.165, 1.54) is 30.6 Å². The minimum absolute atomic E-state index is 0.144. The Labute approximate surface area is 114 Å². The molecule has 2 aliphatic rings. The summed E-state index contributed by atoms with van der Waals surface area (Å²) in [6.45, 7) is 2.42. The number of carboxylic acid groups (broad SMARTS) is 1. The van der Waals surface area contributed by atoms with Crippen molar-refractivity contribution >= 4 is 12.0 Å². The highest BCUT2D eigenvalue weighted by atomic mass is 16.4. The van der Waals surface area contributed by atoms with Crippen LogP contribution in [0.4, 0.5) is 4.79 Å². The van der Waals surface area contributed by atoms with E-state index in [2.05, 4.69) is 5.32 Å². The molecule has 5 heteroatoms. The fourth-order valence-corrected chi connectivity index (χ4v) is 2.86. The monoisotopic (exact) mass is 268 g/mol. The van der Waals surface area contributed by atoms with Crippen LogP contribution in [-0.2, 0) is 4.79 Å². The molecule has 2 N–H and O–H groups in total. The molecule has 0 aromatic carbocycles. The summed E-state index contributed by atoms with van der Waals surface area (Å²) in [5.41, 5.74) is 0. The average Bonchev–Trinajstić information content (AvgIpc) is 2.98. The third-order valence-corrected chi connectivity index (χ3v) is 4.25. The maximum atomic E-state index is 12.2. The third-order valence-electron chi connectivity index (χ3n) is 4.25. The third kappa shape index (κ3) is 4.40. The van der Waals surface area contributed by atoms with E-state index in [9.17, 15) is 9.59 Å². The molecule has 2 amide bonds. The van der Waals surface area contributed by atoms with Crippen molar-refractivity contribution in [3.05, 3.63) is 0 Å². The van der Waals surface area contributed by atoms with Crippen LogP contribution in [0.1, 0.15) is 45.4 Å². The summed E-state index contributed by atoms with van der Waals surface area (Å²) in [5.74, 6) is 0.118. The summed E-state index contributed by atoms with van der Waals surface area (Å²) in [7, 11) is 0. The van der Waals surface area contributed by atoms with Crippen molar-refractivity contribution in [2.45, 2.75) is 51.5 Å². The fraction of sp³-hybridized carbons (Fsp3) is 0.857. The van der Waals surface area contributed by atoms with Crippen molar-refractivity contribution < 1.29 is 14.7 Å². The minimum atomic E-state index is -0.940. The number of nitrogens with one attached hydrogen (secondary N) is 1. The summed E-state index contributed by atoms with van der Waals surface area (Å²) < 4.78 is 0. The molecule has 2 saturated carbocycles. The fourth-order valence-electron chi connectivity index (χ4n) is 2.86. The summed E-state index contributed by atoms with van der Waals surface area (Å²) in [6.07, 6.45) is 7.05. The number of carbonyl (C=O) groups excluding carboxylic acids is 1. The lowest BCUT2D eigenvalue weighted by molar-refractivity contribution is -0.137. The molecule has 0 heterocycles. The van der Waals surface area contributed by atoms with E-state index in [4.69, 9.17) is 5.11 Å². The van der Waals surface area contributed by atoms with Crippen molar-refractivity contribution in [2.75, 3.05) is 13.1 Å². The van der Waals surface area contributed by atoms with E-state index in [-0.39, 0.29) is 18.6 Å². The maximum absolute atomic E-state index is 12.2. The zero-order valence-electron chi connectivity index (χ0n) is 11.6. The summed E-state index contributed by atoms with van der Waals surface area (Å²) in [5, 5.41) is 11.9. The molecular weight excluding hydrogens is 244 g/mol. The van der Waals surface area contributed by atoms with Crippen LogP contribution < -0.4 is 5.32 Å². The molecule has 19 heavy (non-hydrogen) atoms. The van der Waals surface area contributed by atoms with E-state index in [0.717, 1.165) is 12.8 Å². The largest absolute Gasteiger partial charge is 0.480 e. The molecule has 1 atom stereocenters. The number of hydrogen-bond acceptors (Lipinski definition) is 2. The van der Waals surface area contributed by atoms with Crippen LogP contribution in [0.15, 0.2) is 0 Å². The minimum Gasteiger partial charge on any atom is -0.480 e. The van der Waals surface area contributed by atoms with Crippen molar-refractivity contribution in [1.29, 1.82) is 0 Å². The first-order valence-electron chi connectivity index (χ1n) is 7.33. The number of carbonyl (C=O) groups is 2. The number of hydrogen-bond donors (Lipinski definition) is 2. The molecule has 5 nitrogen and oxygen atoms in total. The van der Waals surface area contributed by atoms with Gasteiger partial charge in [0, 0.05) is 12.6 Å². The lowest BCUT2D eigenvalue weighted by Gasteiger charge is -2.26. The number of carboxylic acids is 1. The first kappa shape index (κ1) is 14.2. The second kappa shape index (κ2) is 6.26. The number of urea groups is 1. The molecule has 0 aliphatic heterocycles. The highest BCUT2D eigenvalue weighted by Gasteiger charge is 2.30. The second-order valence-corrected chi connectivity index (χ2v) is 6.00. The Bertz CT molecular complexity index is 336. The average molecular weight is 268 g/mol. The van der Waals surface area contributed by atoms with Gasteiger partial charge in [0.15, 0.2) is 0 Å². The van der Waals surface area contributed by atoms with Gasteiger partial charge in [-0.2, -0.15) is 0 Å². The van der Waals surface area contributed by atoms with E-state index >= 15 is 0 Å². The summed E-state index contributed by atoms with van der Waals surface area (Å²) in [4.78, 5) is 24.4. The molecule has 2 aliphatic carbocycles. The van der Waals surface area contributed by atoms with Gasteiger partial charge in [-0.3, -0.25) is 4.79 Å². The van der Waals surface area contributed by atoms with Crippen molar-refractivity contribution in [3.63, 3.8) is 0 Å². The molecule has 0 spiro atoms. The Hall–Kier alpha value is -1.26. The Kier molecular flexibility index (Phi) is 4.66. The first-order valence-corrected chi connectivity index (χ1v) is 7.33. The highest BCUT2D eigenvalue weighted by Crippen LogP contribution is 2.30. The van der Waals surface area contributed by atoms with Gasteiger partial charge in [-0.1, -0.05) is 12.8 Å². The van der Waals surface area contributed by atoms with E-state index in [1.807, 2.05) is 6.92 Å². The summed E-state index contributed by atoms with van der Waals surface area (Å²) >= 11 is 0. The topological polar surface area (TPSA) is 69.6 Å². The van der Waals surface area contributed by atoms with Gasteiger partial charge in [0.05, 0.1) is 0 Å². The van der Waals surface area contributed by atoms with E-state index < -0.39 is 5.97 Å². The lowest BCUT2D eigenvalue weighted by Crippen LogP contribution is -2.48. The van der Waals surface area contributed by atoms with Gasteiger partial charge < -0.3 is 15.3 Å². The smallest absolute Gasteiger partial charge is 0.323 e. The zero-order chi connectivity index (χ0) is 13.8. The SMILES string of the molecule is CC(NC(=O)N(CC(=O)O)CC1CC1)C1CCCC1. The molecule has 0 radical (unpaired) electrons. The number of aliphatic carboxylic acids is 1. The van der Waals surface area contributed by atoms with Gasteiger partial charge in [0.1, 0.15) is 6.54 Å². The zero-order valence-corrected chi connectivity index (χ0v) is 11.6. The van der Waals surface area contributed by atoms with Crippen LogP contribution in [-0.4, -0.2) is 41.1 Å². The van der Waals surface area contributed by atoms with Gasteiger partial charge in [0.2, 0.25) is 0 Å².